The van der Waals surface area contributed by atoms with E-state index < -0.39 is 0 Å². The highest BCUT2D eigenvalue weighted by Crippen LogP contribution is 2.21. The molecule has 0 bridgehead atoms. The van der Waals surface area contributed by atoms with Gasteiger partial charge in [-0.25, -0.2) is 0 Å². The predicted octanol–water partition coefficient (Wildman–Crippen LogP) is 4.08. The van der Waals surface area contributed by atoms with Gasteiger partial charge in [0.1, 0.15) is 0 Å². The Kier molecular flexibility index (Phi) is 5.03. The molecule has 1 aromatic rings. The van der Waals surface area contributed by atoms with Gasteiger partial charge in [0, 0.05) is 23.5 Å². The van der Waals surface area contributed by atoms with Crippen molar-refractivity contribution in [1.82, 2.24) is 4.90 Å². The third kappa shape index (κ3) is 3.59. The molecule has 2 rings (SSSR count). The van der Waals surface area contributed by atoms with Crippen molar-refractivity contribution in [3.05, 3.63) is 34.9 Å². The Labute approximate surface area is 124 Å². The first-order valence-electron chi connectivity index (χ1n) is 7.07. The Morgan fingerprint density at radius 1 is 1.21 bits per heavy atom. The molecule has 0 aromatic heterocycles. The summed E-state index contributed by atoms with van der Waals surface area (Å²) in [5, 5.41) is 0.879. The molecule has 1 aliphatic heterocycles. The van der Waals surface area contributed by atoms with Crippen LogP contribution in [0, 0.1) is 13.8 Å². The van der Waals surface area contributed by atoms with E-state index in [2.05, 4.69) is 26.9 Å². The van der Waals surface area contributed by atoms with E-state index in [1.54, 1.807) is 0 Å². The van der Waals surface area contributed by atoms with E-state index in [9.17, 15) is 4.79 Å². The zero-order chi connectivity index (χ0) is 13.8. The summed E-state index contributed by atoms with van der Waals surface area (Å²) >= 11 is 3.56. The molecule has 1 fully saturated rings. The van der Waals surface area contributed by atoms with Gasteiger partial charge >= 0.3 is 0 Å². The van der Waals surface area contributed by atoms with Crippen LogP contribution in [0.15, 0.2) is 18.2 Å². The van der Waals surface area contributed by atoms with E-state index in [0.717, 1.165) is 41.4 Å². The van der Waals surface area contributed by atoms with E-state index >= 15 is 0 Å². The molecule has 1 saturated heterocycles. The zero-order valence-corrected chi connectivity index (χ0v) is 13.4. The molecule has 1 amide bonds. The fourth-order valence-electron chi connectivity index (χ4n) is 2.87. The maximum absolute atomic E-state index is 12.7. The minimum absolute atomic E-state index is 0.193. The van der Waals surface area contributed by atoms with Crippen LogP contribution < -0.4 is 0 Å². The average molecular weight is 324 g/mol. The van der Waals surface area contributed by atoms with Gasteiger partial charge in [0.25, 0.3) is 5.91 Å². The van der Waals surface area contributed by atoms with E-state index in [1.165, 1.54) is 12.8 Å². The van der Waals surface area contributed by atoms with Crippen molar-refractivity contribution >= 4 is 21.8 Å². The summed E-state index contributed by atoms with van der Waals surface area (Å²) in [6.07, 6.45) is 4.70. The smallest absolute Gasteiger partial charge is 0.254 e. The number of amides is 1. The molecule has 2 nitrogen and oxygen atoms in total. The molecule has 1 atom stereocenters. The number of hydrogen-bond acceptors (Lipinski definition) is 1. The third-order valence-corrected chi connectivity index (χ3v) is 4.53. The lowest BCUT2D eigenvalue weighted by Crippen LogP contribution is -2.41. The van der Waals surface area contributed by atoms with Crippen LogP contribution >= 0.6 is 15.9 Å². The summed E-state index contributed by atoms with van der Waals surface area (Å²) in [6.45, 7) is 4.99. The van der Waals surface area contributed by atoms with Crippen LogP contribution in [-0.2, 0) is 0 Å². The van der Waals surface area contributed by atoms with Gasteiger partial charge < -0.3 is 4.90 Å². The van der Waals surface area contributed by atoms with Crippen LogP contribution in [0.3, 0.4) is 0 Å². The molecule has 104 valence electrons. The van der Waals surface area contributed by atoms with Gasteiger partial charge in [0.15, 0.2) is 0 Å². The molecule has 0 aliphatic carbocycles. The lowest BCUT2D eigenvalue weighted by Gasteiger charge is -2.29. The molecule has 1 aromatic carbocycles. The number of carbonyl (C=O) groups excluding carboxylic acids is 1. The van der Waals surface area contributed by atoms with E-state index in [0.29, 0.717) is 6.04 Å². The number of carbonyl (C=O) groups is 1. The van der Waals surface area contributed by atoms with Crippen LogP contribution in [0.2, 0.25) is 0 Å². The molecule has 1 unspecified atom stereocenters. The molecular weight excluding hydrogens is 302 g/mol. The molecule has 1 aliphatic rings. The molecular formula is C16H22BrNO. The zero-order valence-electron chi connectivity index (χ0n) is 11.8. The summed E-state index contributed by atoms with van der Waals surface area (Å²) in [7, 11) is 0. The number of rotatable bonds is 2. The minimum atomic E-state index is 0.193. The highest BCUT2D eigenvalue weighted by Gasteiger charge is 2.25. The Morgan fingerprint density at radius 3 is 2.53 bits per heavy atom. The number of alkyl halides is 1. The van der Waals surface area contributed by atoms with Gasteiger partial charge in [-0.3, -0.25) is 4.79 Å². The molecule has 0 N–H and O–H groups in total. The molecule has 3 heteroatoms. The topological polar surface area (TPSA) is 20.3 Å². The maximum Gasteiger partial charge on any atom is 0.254 e. The number of hydrogen-bond donors (Lipinski definition) is 0. The molecule has 19 heavy (non-hydrogen) atoms. The van der Waals surface area contributed by atoms with Gasteiger partial charge in [0.2, 0.25) is 0 Å². The number of nitrogens with zero attached hydrogens (tertiary/aromatic N) is 1. The van der Waals surface area contributed by atoms with Crippen molar-refractivity contribution in [2.24, 2.45) is 0 Å². The van der Waals surface area contributed by atoms with Crippen molar-refractivity contribution in [3.63, 3.8) is 0 Å². The van der Waals surface area contributed by atoms with Crippen LogP contribution in [0.25, 0.3) is 0 Å². The lowest BCUT2D eigenvalue weighted by molar-refractivity contribution is 0.0702. The molecule has 1 heterocycles. The van der Waals surface area contributed by atoms with Crippen LogP contribution in [0.4, 0.5) is 0 Å². The Balaban J connectivity index is 2.25. The summed E-state index contributed by atoms with van der Waals surface area (Å²) in [5.74, 6) is 0.193. The largest absolute Gasteiger partial charge is 0.335 e. The second kappa shape index (κ2) is 6.56. The van der Waals surface area contributed by atoms with Gasteiger partial charge in [-0.15, -0.1) is 0 Å². The highest BCUT2D eigenvalue weighted by molar-refractivity contribution is 9.09. The molecule has 0 spiro atoms. The summed E-state index contributed by atoms with van der Waals surface area (Å²) in [5.41, 5.74) is 3.16. The summed E-state index contributed by atoms with van der Waals surface area (Å²) in [6, 6.07) is 6.47. The first-order chi connectivity index (χ1) is 9.11. The second-order valence-corrected chi connectivity index (χ2v) is 6.18. The average Bonchev–Trinajstić information content (AvgIpc) is 2.61. The van der Waals surface area contributed by atoms with Crippen LogP contribution in [0.1, 0.15) is 47.2 Å². The number of benzene rings is 1. The van der Waals surface area contributed by atoms with Gasteiger partial charge in [0.05, 0.1) is 0 Å². The molecule has 0 radical (unpaired) electrons. The minimum Gasteiger partial charge on any atom is -0.335 e. The number of halogens is 1. The molecule has 0 saturated carbocycles. The Hall–Kier alpha value is -0.830. The normalized spacial score (nSPS) is 20.2. The van der Waals surface area contributed by atoms with Crippen molar-refractivity contribution in [1.29, 1.82) is 0 Å². The van der Waals surface area contributed by atoms with Crippen LogP contribution in [0.5, 0.6) is 0 Å². The second-order valence-electron chi connectivity index (χ2n) is 5.53. The SMILES string of the molecule is Cc1cc(C)cc(C(=O)N2CCCCCC2CBr)c1. The third-order valence-electron chi connectivity index (χ3n) is 3.78. The van der Waals surface area contributed by atoms with E-state index in [-0.39, 0.29) is 5.91 Å². The number of likely N-dealkylation sites (tertiary alicyclic amines) is 1. The Morgan fingerprint density at radius 2 is 1.89 bits per heavy atom. The van der Waals surface area contributed by atoms with Crippen molar-refractivity contribution in [3.8, 4) is 0 Å². The van der Waals surface area contributed by atoms with Gasteiger partial charge in [-0.2, -0.15) is 0 Å². The van der Waals surface area contributed by atoms with Gasteiger partial charge in [-0.1, -0.05) is 46.0 Å². The fraction of sp³-hybridized carbons (Fsp3) is 0.562. The fourth-order valence-corrected chi connectivity index (χ4v) is 3.54. The van der Waals surface area contributed by atoms with E-state index in [4.69, 9.17) is 0 Å². The predicted molar refractivity (Wildman–Crippen MR) is 83.0 cm³/mol. The summed E-state index contributed by atoms with van der Waals surface area (Å²) in [4.78, 5) is 14.8. The van der Waals surface area contributed by atoms with E-state index in [1.807, 2.05) is 26.0 Å². The summed E-state index contributed by atoms with van der Waals surface area (Å²) < 4.78 is 0. The van der Waals surface area contributed by atoms with Crippen molar-refractivity contribution in [2.45, 2.75) is 45.6 Å². The maximum atomic E-state index is 12.7. The van der Waals surface area contributed by atoms with Crippen molar-refractivity contribution < 1.29 is 4.79 Å². The monoisotopic (exact) mass is 323 g/mol. The van der Waals surface area contributed by atoms with Crippen LogP contribution in [-0.4, -0.2) is 28.7 Å². The first-order valence-corrected chi connectivity index (χ1v) is 8.19. The standard InChI is InChI=1S/C16H22BrNO/c1-12-8-13(2)10-14(9-12)16(19)18-7-5-3-4-6-15(18)11-17/h8-10,15H,3-7,11H2,1-2H3. The number of aryl methyl sites for hydroxylation is 2. The quantitative estimate of drug-likeness (QED) is 0.751. The highest BCUT2D eigenvalue weighted by atomic mass is 79.9. The van der Waals surface area contributed by atoms with Gasteiger partial charge in [-0.05, 0) is 38.8 Å². The lowest BCUT2D eigenvalue weighted by atomic mass is 10.1. The first kappa shape index (κ1) is 14.6. The van der Waals surface area contributed by atoms with Crippen molar-refractivity contribution in [2.75, 3.05) is 11.9 Å². The Bertz CT molecular complexity index is 438.